The van der Waals surface area contributed by atoms with E-state index in [4.69, 9.17) is 4.74 Å². The Balaban J connectivity index is 3.43. The van der Waals surface area contributed by atoms with E-state index in [0.29, 0.717) is 19.4 Å². The normalized spacial score (nSPS) is 12.6. The van der Waals surface area contributed by atoms with Gasteiger partial charge in [-0.25, -0.2) is 0 Å². The zero-order valence-corrected chi connectivity index (χ0v) is 48.2. The van der Waals surface area contributed by atoms with Crippen LogP contribution in [0.4, 0.5) is 0 Å². The fourth-order valence-corrected chi connectivity index (χ4v) is 10.3. The number of unbranched alkanes of at least 4 members (excludes halogenated alkanes) is 50. The molecule has 3 N–H and O–H groups in total. The first kappa shape index (κ1) is 69.6. The molecule has 0 saturated carbocycles. The van der Waals surface area contributed by atoms with Gasteiger partial charge in [-0.15, -0.1) is 0 Å². The molecule has 0 fully saturated rings. The first-order valence-electron chi connectivity index (χ1n) is 32.5. The lowest BCUT2D eigenvalue weighted by Crippen LogP contribution is -2.45. The summed E-state index contributed by atoms with van der Waals surface area (Å²) in [6.07, 6.45) is 74.0. The number of amides is 1. The molecule has 0 aromatic rings. The number of carbonyl (C=O) groups excluding carboxylic acids is 2. The van der Waals surface area contributed by atoms with Crippen molar-refractivity contribution in [2.24, 2.45) is 0 Å². The van der Waals surface area contributed by atoms with E-state index in [2.05, 4.69) is 19.2 Å². The van der Waals surface area contributed by atoms with Gasteiger partial charge in [-0.2, -0.15) is 0 Å². The zero-order chi connectivity index (χ0) is 51.4. The number of carbonyl (C=O) groups is 2. The van der Waals surface area contributed by atoms with Crippen LogP contribution in [0.3, 0.4) is 0 Å². The summed E-state index contributed by atoms with van der Waals surface area (Å²) >= 11 is 0. The highest BCUT2D eigenvalue weighted by atomic mass is 16.5. The lowest BCUT2D eigenvalue weighted by atomic mass is 10.0. The topological polar surface area (TPSA) is 95.9 Å². The SMILES string of the molecule is CCCCCCCCCCCCCCCCCCCCC/C=C/C(O)C(CO)NC(=O)CCCCCCCCCCCCCCCCCOC(=O)CCCCCCCCCCCCCCCCCCCC. The summed E-state index contributed by atoms with van der Waals surface area (Å²) in [6.45, 7) is 4.93. The number of ether oxygens (including phenoxy) is 1. The third kappa shape index (κ3) is 57.7. The van der Waals surface area contributed by atoms with E-state index in [1.807, 2.05) is 6.08 Å². The highest BCUT2D eigenvalue weighted by Crippen LogP contribution is 2.18. The Bertz CT molecular complexity index is 1060. The molecule has 0 spiro atoms. The van der Waals surface area contributed by atoms with E-state index in [1.54, 1.807) is 6.08 Å². The van der Waals surface area contributed by atoms with Crippen molar-refractivity contribution >= 4 is 11.9 Å². The van der Waals surface area contributed by atoms with Crippen LogP contribution in [0.15, 0.2) is 12.2 Å². The molecule has 0 rings (SSSR count). The Morgan fingerprint density at radius 1 is 0.380 bits per heavy atom. The van der Waals surface area contributed by atoms with Crippen molar-refractivity contribution in [3.8, 4) is 0 Å². The van der Waals surface area contributed by atoms with Gasteiger partial charge in [0, 0.05) is 12.8 Å². The maximum atomic E-state index is 12.5. The highest BCUT2D eigenvalue weighted by molar-refractivity contribution is 5.76. The van der Waals surface area contributed by atoms with Crippen LogP contribution in [0.25, 0.3) is 0 Å². The molecule has 0 saturated heterocycles. The van der Waals surface area contributed by atoms with E-state index in [0.717, 1.165) is 44.9 Å². The Morgan fingerprint density at radius 3 is 0.958 bits per heavy atom. The van der Waals surface area contributed by atoms with Crippen molar-refractivity contribution < 1.29 is 24.5 Å². The number of aliphatic hydroxyl groups is 2. The van der Waals surface area contributed by atoms with Crippen LogP contribution in [0.1, 0.15) is 367 Å². The summed E-state index contributed by atoms with van der Waals surface area (Å²) in [7, 11) is 0. The maximum absolute atomic E-state index is 12.5. The minimum atomic E-state index is -0.850. The van der Waals surface area contributed by atoms with Crippen molar-refractivity contribution in [2.45, 2.75) is 379 Å². The monoisotopic (exact) mass is 1000 g/mol. The molecular formula is C65H127NO5. The maximum Gasteiger partial charge on any atom is 0.305 e. The molecule has 0 aliphatic carbocycles. The molecule has 0 aliphatic rings. The molecule has 2 unspecified atom stereocenters. The minimum Gasteiger partial charge on any atom is -0.466 e. The molecule has 0 aliphatic heterocycles. The van der Waals surface area contributed by atoms with E-state index in [-0.39, 0.29) is 18.5 Å². The summed E-state index contributed by atoms with van der Waals surface area (Å²) in [5, 5.41) is 23.2. The molecule has 0 radical (unpaired) electrons. The number of esters is 1. The largest absolute Gasteiger partial charge is 0.466 e. The molecule has 1 amide bonds. The van der Waals surface area contributed by atoms with Gasteiger partial charge in [0.15, 0.2) is 0 Å². The smallest absolute Gasteiger partial charge is 0.305 e. The van der Waals surface area contributed by atoms with Crippen LogP contribution < -0.4 is 5.32 Å². The average molecular weight is 1000 g/mol. The lowest BCUT2D eigenvalue weighted by molar-refractivity contribution is -0.143. The van der Waals surface area contributed by atoms with Gasteiger partial charge in [-0.1, -0.05) is 334 Å². The van der Waals surface area contributed by atoms with Gasteiger partial charge < -0.3 is 20.3 Å². The standard InChI is InChI=1S/C65H127NO5/c1-3-5-7-9-11-13-15-17-19-21-23-24-25-26-29-33-37-41-45-49-53-57-63(68)62(61-67)66-64(69)58-54-50-46-42-38-34-30-28-32-36-40-44-48-52-56-60-71-65(70)59-55-51-47-43-39-35-31-27-22-20-18-16-14-12-10-8-6-4-2/h53,57,62-63,67-68H,3-52,54-56,58-61H2,1-2H3,(H,66,69)/b57-53+. The second-order valence-electron chi connectivity index (χ2n) is 22.5. The van der Waals surface area contributed by atoms with Crippen LogP contribution in [-0.2, 0) is 14.3 Å². The second kappa shape index (κ2) is 61.1. The van der Waals surface area contributed by atoms with Gasteiger partial charge in [0.05, 0.1) is 25.4 Å². The summed E-state index contributed by atoms with van der Waals surface area (Å²) < 4.78 is 5.50. The van der Waals surface area contributed by atoms with Gasteiger partial charge in [-0.05, 0) is 32.1 Å². The van der Waals surface area contributed by atoms with Gasteiger partial charge in [0.25, 0.3) is 0 Å². The lowest BCUT2D eigenvalue weighted by Gasteiger charge is -2.20. The van der Waals surface area contributed by atoms with Crippen molar-refractivity contribution in [1.82, 2.24) is 5.32 Å². The molecule has 71 heavy (non-hydrogen) atoms. The fraction of sp³-hybridized carbons (Fsp3) is 0.938. The molecule has 2 atom stereocenters. The predicted octanol–water partition coefficient (Wildman–Crippen LogP) is 20.4. The number of allylic oxidation sites excluding steroid dienone is 1. The second-order valence-corrected chi connectivity index (χ2v) is 22.5. The van der Waals surface area contributed by atoms with Crippen molar-refractivity contribution in [1.29, 1.82) is 0 Å². The number of aliphatic hydroxyl groups excluding tert-OH is 2. The van der Waals surface area contributed by atoms with Crippen LogP contribution >= 0.6 is 0 Å². The molecule has 422 valence electrons. The van der Waals surface area contributed by atoms with Crippen molar-refractivity contribution in [3.63, 3.8) is 0 Å². The van der Waals surface area contributed by atoms with E-state index in [1.165, 1.54) is 295 Å². The van der Waals surface area contributed by atoms with Gasteiger partial charge >= 0.3 is 5.97 Å². The van der Waals surface area contributed by atoms with Gasteiger partial charge in [0.2, 0.25) is 5.91 Å². The molecule has 0 bridgehead atoms. The minimum absolute atomic E-state index is 0.00509. The Morgan fingerprint density at radius 2 is 0.648 bits per heavy atom. The van der Waals surface area contributed by atoms with Crippen LogP contribution in [0, 0.1) is 0 Å². The molecular weight excluding hydrogens is 875 g/mol. The zero-order valence-electron chi connectivity index (χ0n) is 48.2. The summed E-state index contributed by atoms with van der Waals surface area (Å²) in [6, 6.07) is -0.634. The highest BCUT2D eigenvalue weighted by Gasteiger charge is 2.18. The molecule has 6 nitrogen and oxygen atoms in total. The number of rotatable bonds is 61. The summed E-state index contributed by atoms with van der Waals surface area (Å²) in [4.78, 5) is 24.6. The van der Waals surface area contributed by atoms with E-state index >= 15 is 0 Å². The molecule has 0 aromatic carbocycles. The summed E-state index contributed by atoms with van der Waals surface area (Å²) in [5.41, 5.74) is 0. The molecule has 6 heteroatoms. The first-order valence-corrected chi connectivity index (χ1v) is 32.5. The number of hydrogen-bond donors (Lipinski definition) is 3. The Labute approximate surface area is 444 Å². The van der Waals surface area contributed by atoms with E-state index in [9.17, 15) is 19.8 Å². The Hall–Kier alpha value is -1.40. The van der Waals surface area contributed by atoms with Crippen molar-refractivity contribution in [2.75, 3.05) is 13.2 Å². The third-order valence-electron chi connectivity index (χ3n) is 15.3. The fourth-order valence-electron chi connectivity index (χ4n) is 10.3. The summed E-state index contributed by atoms with van der Waals surface area (Å²) in [5.74, 6) is -0.0670. The van der Waals surface area contributed by atoms with Gasteiger partial charge in [0.1, 0.15) is 0 Å². The quantitative estimate of drug-likeness (QED) is 0.0320. The number of hydrogen-bond acceptors (Lipinski definition) is 5. The van der Waals surface area contributed by atoms with Crippen LogP contribution in [0.2, 0.25) is 0 Å². The average Bonchev–Trinajstić information content (AvgIpc) is 3.37. The van der Waals surface area contributed by atoms with E-state index < -0.39 is 12.1 Å². The van der Waals surface area contributed by atoms with Crippen LogP contribution in [-0.4, -0.2) is 47.4 Å². The van der Waals surface area contributed by atoms with Crippen LogP contribution in [0.5, 0.6) is 0 Å². The Kier molecular flexibility index (Phi) is 59.9. The van der Waals surface area contributed by atoms with Crippen molar-refractivity contribution in [3.05, 3.63) is 12.2 Å². The molecule has 0 heterocycles. The predicted molar refractivity (Wildman–Crippen MR) is 310 cm³/mol. The first-order chi connectivity index (χ1) is 35.0. The van der Waals surface area contributed by atoms with Gasteiger partial charge in [-0.3, -0.25) is 9.59 Å². The third-order valence-corrected chi connectivity index (χ3v) is 15.3. The molecule has 0 aromatic heterocycles. The number of nitrogens with one attached hydrogen (secondary N) is 1.